The quantitative estimate of drug-likeness (QED) is 0.605. The summed E-state index contributed by atoms with van der Waals surface area (Å²) in [5.41, 5.74) is 0. The Hall–Kier alpha value is -0.370. The maximum absolute atomic E-state index is 11.2. The number of nitrogens with zero attached hydrogens (tertiary/aromatic N) is 1. The Morgan fingerprint density at radius 2 is 1.73 bits per heavy atom. The minimum absolute atomic E-state index is 0.106. The zero-order valence-electron chi connectivity index (χ0n) is 8.05. The third kappa shape index (κ3) is 3.02. The molecule has 0 aliphatic heterocycles. The van der Waals surface area contributed by atoms with E-state index < -0.39 is 0 Å². The Labute approximate surface area is 69.6 Å². The summed E-state index contributed by atoms with van der Waals surface area (Å²) in [5.74, 6) is 0.341. The minimum Gasteiger partial charge on any atom is -0.298 e. The zero-order chi connectivity index (χ0) is 8.85. The number of carbonyl (C=O) groups is 1. The summed E-state index contributed by atoms with van der Waals surface area (Å²) in [5, 5.41) is 0. The second-order valence-corrected chi connectivity index (χ2v) is 2.72. The molecule has 2 heteroatoms. The van der Waals surface area contributed by atoms with Gasteiger partial charge in [0.2, 0.25) is 0 Å². The molecule has 0 fully saturated rings. The second kappa shape index (κ2) is 5.30. The molecule has 0 spiro atoms. The molecule has 66 valence electrons. The fourth-order valence-electron chi connectivity index (χ4n) is 1.27. The molecule has 11 heavy (non-hydrogen) atoms. The summed E-state index contributed by atoms with van der Waals surface area (Å²) in [6.07, 6.45) is 0.650. The molecule has 0 aromatic carbocycles. The van der Waals surface area contributed by atoms with Crippen molar-refractivity contribution in [1.29, 1.82) is 0 Å². The number of hydrogen-bond acceptors (Lipinski definition) is 2. The highest BCUT2D eigenvalue weighted by molar-refractivity contribution is 5.83. The van der Waals surface area contributed by atoms with E-state index in [-0.39, 0.29) is 6.04 Å². The van der Waals surface area contributed by atoms with Gasteiger partial charge in [-0.2, -0.15) is 0 Å². The number of likely N-dealkylation sites (N-methyl/N-ethyl adjacent to an activating group) is 1. The van der Waals surface area contributed by atoms with Gasteiger partial charge in [0.15, 0.2) is 0 Å². The van der Waals surface area contributed by atoms with Crippen LogP contribution in [0, 0.1) is 0 Å². The Morgan fingerprint density at radius 3 is 2.00 bits per heavy atom. The van der Waals surface area contributed by atoms with Crippen LogP contribution in [-0.2, 0) is 4.79 Å². The molecule has 0 radical (unpaired) electrons. The minimum atomic E-state index is 0.106. The van der Waals surface area contributed by atoms with Crippen LogP contribution >= 0.6 is 0 Å². The summed E-state index contributed by atoms with van der Waals surface area (Å²) in [7, 11) is 0. The van der Waals surface area contributed by atoms with Gasteiger partial charge in [0.1, 0.15) is 5.78 Å². The van der Waals surface area contributed by atoms with Crippen LogP contribution in [0.2, 0.25) is 0 Å². The molecule has 0 saturated heterocycles. The molecule has 0 unspecified atom stereocenters. The fourth-order valence-corrected chi connectivity index (χ4v) is 1.27. The molecular weight excluding hydrogens is 138 g/mol. The van der Waals surface area contributed by atoms with Gasteiger partial charge >= 0.3 is 0 Å². The first-order chi connectivity index (χ1) is 5.17. The highest BCUT2D eigenvalue weighted by Crippen LogP contribution is 2.01. The van der Waals surface area contributed by atoms with Gasteiger partial charge < -0.3 is 0 Å². The zero-order valence-corrected chi connectivity index (χ0v) is 8.05. The van der Waals surface area contributed by atoms with Crippen LogP contribution in [0.4, 0.5) is 0 Å². The van der Waals surface area contributed by atoms with Crippen LogP contribution in [0.25, 0.3) is 0 Å². The van der Waals surface area contributed by atoms with Gasteiger partial charge in [0, 0.05) is 6.42 Å². The number of rotatable bonds is 5. The van der Waals surface area contributed by atoms with Gasteiger partial charge in [-0.3, -0.25) is 9.69 Å². The summed E-state index contributed by atoms with van der Waals surface area (Å²) in [4.78, 5) is 13.4. The number of carbonyl (C=O) groups excluding carboxylic acids is 1. The fraction of sp³-hybridized carbons (Fsp3) is 0.889. The summed E-state index contributed by atoms with van der Waals surface area (Å²) in [6.45, 7) is 10.00. The van der Waals surface area contributed by atoms with Crippen LogP contribution in [0.5, 0.6) is 0 Å². The molecule has 2 nitrogen and oxygen atoms in total. The lowest BCUT2D eigenvalue weighted by Crippen LogP contribution is -2.38. The molecule has 0 aliphatic carbocycles. The maximum Gasteiger partial charge on any atom is 0.149 e. The van der Waals surface area contributed by atoms with E-state index in [0.717, 1.165) is 13.1 Å². The van der Waals surface area contributed by atoms with Gasteiger partial charge in [-0.1, -0.05) is 20.8 Å². The smallest absolute Gasteiger partial charge is 0.149 e. The van der Waals surface area contributed by atoms with E-state index in [4.69, 9.17) is 0 Å². The van der Waals surface area contributed by atoms with Crippen LogP contribution in [-0.4, -0.2) is 29.8 Å². The third-order valence-corrected chi connectivity index (χ3v) is 2.17. The first-order valence-electron chi connectivity index (χ1n) is 4.44. The van der Waals surface area contributed by atoms with Crippen molar-refractivity contribution in [2.24, 2.45) is 0 Å². The Kier molecular flexibility index (Phi) is 5.12. The van der Waals surface area contributed by atoms with Gasteiger partial charge in [0.25, 0.3) is 0 Å². The Bertz CT molecular complexity index is 119. The number of hydrogen-bond donors (Lipinski definition) is 0. The normalized spacial score (nSPS) is 13.5. The van der Waals surface area contributed by atoms with Crippen LogP contribution in [0.3, 0.4) is 0 Å². The molecule has 0 bridgehead atoms. The van der Waals surface area contributed by atoms with Gasteiger partial charge in [-0.25, -0.2) is 0 Å². The standard InChI is InChI=1S/C9H19NO/c1-5-9(11)8(4)10(6-2)7-3/h8H,5-7H2,1-4H3/t8-/m1/s1. The van der Waals surface area contributed by atoms with E-state index in [2.05, 4.69) is 18.7 Å². The summed E-state index contributed by atoms with van der Waals surface area (Å²) < 4.78 is 0. The molecule has 0 N–H and O–H groups in total. The number of ketones is 1. The maximum atomic E-state index is 11.2. The molecular formula is C9H19NO. The Balaban J connectivity index is 3.97. The van der Waals surface area contributed by atoms with Crippen molar-refractivity contribution in [3.8, 4) is 0 Å². The molecule has 0 aliphatic rings. The van der Waals surface area contributed by atoms with Crippen molar-refractivity contribution in [1.82, 2.24) is 4.90 Å². The van der Waals surface area contributed by atoms with E-state index in [0.29, 0.717) is 12.2 Å². The third-order valence-electron chi connectivity index (χ3n) is 2.17. The molecule has 0 aromatic rings. The SMILES string of the molecule is CCC(=O)[C@@H](C)N(CC)CC. The molecule has 1 atom stereocenters. The van der Waals surface area contributed by atoms with E-state index in [1.54, 1.807) is 0 Å². The van der Waals surface area contributed by atoms with Gasteiger partial charge in [-0.05, 0) is 20.0 Å². The first-order valence-corrected chi connectivity index (χ1v) is 4.44. The second-order valence-electron chi connectivity index (χ2n) is 2.72. The van der Waals surface area contributed by atoms with Gasteiger partial charge in [-0.15, -0.1) is 0 Å². The van der Waals surface area contributed by atoms with Crippen molar-refractivity contribution in [3.63, 3.8) is 0 Å². The van der Waals surface area contributed by atoms with Gasteiger partial charge in [0.05, 0.1) is 6.04 Å². The van der Waals surface area contributed by atoms with Crippen LogP contribution < -0.4 is 0 Å². The highest BCUT2D eigenvalue weighted by atomic mass is 16.1. The lowest BCUT2D eigenvalue weighted by Gasteiger charge is -2.24. The first kappa shape index (κ1) is 10.6. The predicted molar refractivity (Wildman–Crippen MR) is 47.7 cm³/mol. The molecule has 0 aromatic heterocycles. The van der Waals surface area contributed by atoms with Crippen LogP contribution in [0.1, 0.15) is 34.1 Å². The van der Waals surface area contributed by atoms with Crippen molar-refractivity contribution in [2.45, 2.75) is 40.2 Å². The lowest BCUT2D eigenvalue weighted by atomic mass is 10.1. The van der Waals surface area contributed by atoms with Crippen molar-refractivity contribution < 1.29 is 4.79 Å². The molecule has 0 rings (SSSR count). The van der Waals surface area contributed by atoms with Crippen LogP contribution in [0.15, 0.2) is 0 Å². The average Bonchev–Trinajstić information content (AvgIpc) is 2.05. The monoisotopic (exact) mass is 157 g/mol. The Morgan fingerprint density at radius 1 is 1.27 bits per heavy atom. The van der Waals surface area contributed by atoms with Crippen molar-refractivity contribution in [2.75, 3.05) is 13.1 Å². The lowest BCUT2D eigenvalue weighted by molar-refractivity contribution is -0.123. The van der Waals surface area contributed by atoms with Crippen molar-refractivity contribution >= 4 is 5.78 Å². The largest absolute Gasteiger partial charge is 0.298 e. The topological polar surface area (TPSA) is 20.3 Å². The van der Waals surface area contributed by atoms with E-state index in [1.165, 1.54) is 0 Å². The number of Topliss-reactive ketones (excluding diaryl/α,β-unsaturated/α-hetero) is 1. The average molecular weight is 157 g/mol. The van der Waals surface area contributed by atoms with E-state index in [1.807, 2.05) is 13.8 Å². The molecule has 0 heterocycles. The summed E-state index contributed by atoms with van der Waals surface area (Å²) in [6, 6.07) is 0.106. The molecule has 0 saturated carbocycles. The van der Waals surface area contributed by atoms with E-state index in [9.17, 15) is 4.79 Å². The molecule has 0 amide bonds. The van der Waals surface area contributed by atoms with Crippen molar-refractivity contribution in [3.05, 3.63) is 0 Å². The predicted octanol–water partition coefficient (Wildman–Crippen LogP) is 1.70. The summed E-state index contributed by atoms with van der Waals surface area (Å²) >= 11 is 0. The van der Waals surface area contributed by atoms with E-state index >= 15 is 0 Å². The highest BCUT2D eigenvalue weighted by Gasteiger charge is 2.15.